The summed E-state index contributed by atoms with van der Waals surface area (Å²) in [5.41, 5.74) is 2.87. The Morgan fingerprint density at radius 3 is 2.93 bits per heavy atom. The Bertz CT molecular complexity index is 407. The number of benzene rings is 1. The van der Waals surface area contributed by atoms with Crippen LogP contribution in [0, 0.1) is 0 Å². The average Bonchev–Trinajstić information content (AvgIpc) is 2.18. The van der Waals surface area contributed by atoms with Crippen LogP contribution in [0.1, 0.15) is 43.2 Å². The summed E-state index contributed by atoms with van der Waals surface area (Å²) in [4.78, 5) is 11.8. The maximum atomic E-state index is 11.8. The van der Waals surface area contributed by atoms with Gasteiger partial charge in [-0.05, 0) is 29.4 Å². The molecule has 0 radical (unpaired) electrons. The Hall–Kier alpha value is -1.11. The lowest BCUT2D eigenvalue weighted by Gasteiger charge is -2.44. The predicted molar refractivity (Wildman–Crippen MR) is 55.4 cm³/mol. The first-order valence-corrected chi connectivity index (χ1v) is 5.33. The molecular formula is C13H14O. The van der Waals surface area contributed by atoms with Crippen molar-refractivity contribution in [3.8, 4) is 0 Å². The molecule has 1 heteroatoms. The van der Waals surface area contributed by atoms with Crippen molar-refractivity contribution in [1.29, 1.82) is 0 Å². The van der Waals surface area contributed by atoms with E-state index in [4.69, 9.17) is 0 Å². The van der Waals surface area contributed by atoms with Crippen molar-refractivity contribution in [1.82, 2.24) is 0 Å². The van der Waals surface area contributed by atoms with Crippen molar-refractivity contribution in [3.63, 3.8) is 0 Å². The van der Waals surface area contributed by atoms with Gasteiger partial charge in [0.25, 0.3) is 0 Å². The molecule has 0 amide bonds. The number of fused-ring (bicyclic) bond motifs is 2. The number of hydrogen-bond donors (Lipinski definition) is 0. The zero-order chi connectivity index (χ0) is 9.76. The molecule has 0 aliphatic heterocycles. The van der Waals surface area contributed by atoms with E-state index >= 15 is 0 Å². The van der Waals surface area contributed by atoms with Crippen molar-refractivity contribution in [2.45, 2.75) is 37.5 Å². The van der Waals surface area contributed by atoms with Crippen molar-refractivity contribution in [3.05, 3.63) is 35.4 Å². The van der Waals surface area contributed by atoms with Crippen LogP contribution in [-0.4, -0.2) is 5.78 Å². The summed E-state index contributed by atoms with van der Waals surface area (Å²) in [6.45, 7) is 2.24. The highest BCUT2D eigenvalue weighted by Crippen LogP contribution is 2.50. The number of hydrogen-bond acceptors (Lipinski definition) is 1. The monoisotopic (exact) mass is 186 g/mol. The fourth-order valence-electron chi connectivity index (χ4n) is 3.13. The molecule has 0 aromatic heterocycles. The summed E-state index contributed by atoms with van der Waals surface area (Å²) in [6, 6.07) is 8.48. The minimum Gasteiger partial charge on any atom is -0.299 e. The molecule has 0 heterocycles. The molecule has 1 nitrogen and oxygen atoms in total. The van der Waals surface area contributed by atoms with E-state index in [1.54, 1.807) is 0 Å². The van der Waals surface area contributed by atoms with Crippen LogP contribution >= 0.6 is 0 Å². The van der Waals surface area contributed by atoms with Crippen LogP contribution in [-0.2, 0) is 10.2 Å². The Kier molecular flexibility index (Phi) is 1.45. The van der Waals surface area contributed by atoms with Crippen LogP contribution in [0.5, 0.6) is 0 Å². The van der Waals surface area contributed by atoms with Gasteiger partial charge in [0, 0.05) is 12.3 Å². The summed E-state index contributed by atoms with van der Waals surface area (Å²) in [7, 11) is 0. The van der Waals surface area contributed by atoms with E-state index < -0.39 is 0 Å². The van der Waals surface area contributed by atoms with Gasteiger partial charge in [-0.1, -0.05) is 31.2 Å². The molecular weight excluding hydrogens is 172 g/mol. The minimum atomic E-state index is 0.141. The highest BCUT2D eigenvalue weighted by atomic mass is 16.1. The molecule has 1 aromatic carbocycles. The first kappa shape index (κ1) is 8.22. The van der Waals surface area contributed by atoms with Gasteiger partial charge in [-0.15, -0.1) is 0 Å². The molecule has 0 N–H and O–H groups in total. The first-order valence-electron chi connectivity index (χ1n) is 5.33. The quantitative estimate of drug-likeness (QED) is 0.609. The molecule has 72 valence electrons. The lowest BCUT2D eigenvalue weighted by Crippen LogP contribution is -2.41. The number of rotatable bonds is 0. The van der Waals surface area contributed by atoms with Gasteiger partial charge in [-0.3, -0.25) is 4.79 Å². The first-order chi connectivity index (χ1) is 6.71. The van der Waals surface area contributed by atoms with E-state index in [1.807, 2.05) is 0 Å². The van der Waals surface area contributed by atoms with Crippen LogP contribution in [0.15, 0.2) is 24.3 Å². The SMILES string of the molecule is CC12CC[C@@H](C(=O)C1)c1ccccc12. The van der Waals surface area contributed by atoms with Crippen molar-refractivity contribution < 1.29 is 4.79 Å². The predicted octanol–water partition coefficient (Wildman–Crippen LogP) is 2.79. The highest BCUT2D eigenvalue weighted by Gasteiger charge is 2.45. The molecule has 2 bridgehead atoms. The Morgan fingerprint density at radius 2 is 2.14 bits per heavy atom. The van der Waals surface area contributed by atoms with Crippen molar-refractivity contribution in [2.24, 2.45) is 0 Å². The normalized spacial score (nSPS) is 34.4. The van der Waals surface area contributed by atoms with Gasteiger partial charge >= 0.3 is 0 Å². The largest absolute Gasteiger partial charge is 0.299 e. The van der Waals surface area contributed by atoms with E-state index in [0.29, 0.717) is 5.78 Å². The number of ketones is 1. The van der Waals surface area contributed by atoms with Crippen molar-refractivity contribution in [2.75, 3.05) is 0 Å². The van der Waals surface area contributed by atoms with Gasteiger partial charge in [0.1, 0.15) is 5.78 Å². The standard InChI is InChI=1S/C13H14O/c1-13-7-6-10(12(14)8-13)9-4-2-3-5-11(9)13/h2-5,10H,6-8H2,1H3/t10-,13?/m1/s1. The number of carbonyl (C=O) groups excluding carboxylic acids is 1. The third-order valence-electron chi connectivity index (χ3n) is 3.92. The molecule has 0 spiro atoms. The van der Waals surface area contributed by atoms with Crippen molar-refractivity contribution >= 4 is 5.78 Å². The maximum Gasteiger partial charge on any atom is 0.141 e. The van der Waals surface area contributed by atoms with E-state index in [1.165, 1.54) is 17.5 Å². The molecule has 1 unspecified atom stereocenters. The van der Waals surface area contributed by atoms with E-state index in [0.717, 1.165) is 12.8 Å². The molecule has 1 fully saturated rings. The maximum absolute atomic E-state index is 11.8. The van der Waals surface area contributed by atoms with Crippen LogP contribution in [0.3, 0.4) is 0 Å². The number of carbonyl (C=O) groups is 1. The summed E-state index contributed by atoms with van der Waals surface area (Å²) in [6.07, 6.45) is 3.00. The van der Waals surface area contributed by atoms with Gasteiger partial charge in [0.2, 0.25) is 0 Å². The molecule has 2 atom stereocenters. The highest BCUT2D eigenvalue weighted by molar-refractivity contribution is 5.90. The fourth-order valence-corrected chi connectivity index (χ4v) is 3.13. The van der Waals surface area contributed by atoms with E-state index in [2.05, 4.69) is 31.2 Å². The lowest BCUT2D eigenvalue weighted by molar-refractivity contribution is -0.124. The van der Waals surface area contributed by atoms with Gasteiger partial charge in [0.05, 0.1) is 0 Å². The van der Waals surface area contributed by atoms with Gasteiger partial charge < -0.3 is 0 Å². The van der Waals surface area contributed by atoms with Crippen LogP contribution < -0.4 is 0 Å². The van der Waals surface area contributed by atoms with E-state index in [-0.39, 0.29) is 11.3 Å². The molecule has 1 saturated carbocycles. The van der Waals surface area contributed by atoms with Crippen LogP contribution in [0.4, 0.5) is 0 Å². The summed E-state index contributed by atoms with van der Waals surface area (Å²) in [5.74, 6) is 0.672. The zero-order valence-corrected chi connectivity index (χ0v) is 8.42. The Morgan fingerprint density at radius 1 is 1.36 bits per heavy atom. The Balaban J connectivity index is 2.27. The van der Waals surface area contributed by atoms with Gasteiger partial charge in [-0.25, -0.2) is 0 Å². The molecule has 4 rings (SSSR count). The second-order valence-electron chi connectivity index (χ2n) is 4.88. The summed E-state index contributed by atoms with van der Waals surface area (Å²) < 4.78 is 0. The Labute approximate surface area is 84.1 Å². The molecule has 3 aliphatic carbocycles. The summed E-state index contributed by atoms with van der Waals surface area (Å²) >= 11 is 0. The topological polar surface area (TPSA) is 17.1 Å². The lowest BCUT2D eigenvalue weighted by atomic mass is 9.58. The third kappa shape index (κ3) is 0.875. The smallest absolute Gasteiger partial charge is 0.141 e. The minimum absolute atomic E-state index is 0.141. The second kappa shape index (κ2) is 2.47. The zero-order valence-electron chi connectivity index (χ0n) is 8.42. The average molecular weight is 186 g/mol. The van der Waals surface area contributed by atoms with E-state index in [9.17, 15) is 4.79 Å². The molecule has 0 saturated heterocycles. The third-order valence-corrected chi connectivity index (χ3v) is 3.92. The van der Waals surface area contributed by atoms with Gasteiger partial charge in [0.15, 0.2) is 0 Å². The fraction of sp³-hybridized carbons (Fsp3) is 0.462. The van der Waals surface area contributed by atoms with Crippen LogP contribution in [0.25, 0.3) is 0 Å². The molecule has 1 aromatic rings. The second-order valence-corrected chi connectivity index (χ2v) is 4.88. The van der Waals surface area contributed by atoms with Crippen LogP contribution in [0.2, 0.25) is 0 Å². The molecule has 14 heavy (non-hydrogen) atoms. The number of Topliss-reactive ketones (excluding diaryl/α,β-unsaturated/α-hetero) is 1. The molecule has 3 aliphatic rings. The summed E-state index contributed by atoms with van der Waals surface area (Å²) in [5, 5.41) is 0. The van der Waals surface area contributed by atoms with Gasteiger partial charge in [-0.2, -0.15) is 0 Å².